The van der Waals surface area contributed by atoms with Gasteiger partial charge in [0, 0.05) is 28.7 Å². The number of carbonyl (C=O) groups excluding carboxylic acids is 1. The summed E-state index contributed by atoms with van der Waals surface area (Å²) < 4.78 is 5.24. The van der Waals surface area contributed by atoms with Crippen molar-refractivity contribution in [2.75, 3.05) is 18.2 Å². The maximum absolute atomic E-state index is 12.1. The topological polar surface area (TPSA) is 51.2 Å². The Labute approximate surface area is 145 Å². The molecule has 0 atom stereocenters. The van der Waals surface area contributed by atoms with Crippen LogP contribution in [0.3, 0.4) is 0 Å². The highest BCUT2D eigenvalue weighted by Gasteiger charge is 2.08. The van der Waals surface area contributed by atoms with Gasteiger partial charge in [0.25, 0.3) is 0 Å². The molecule has 1 amide bonds. The van der Waals surface area contributed by atoms with Crippen LogP contribution in [-0.2, 0) is 4.79 Å². The molecule has 5 heteroatoms. The van der Waals surface area contributed by atoms with E-state index < -0.39 is 0 Å². The summed E-state index contributed by atoms with van der Waals surface area (Å²) in [6.45, 7) is 0. The van der Waals surface area contributed by atoms with Crippen molar-refractivity contribution in [1.82, 2.24) is 4.98 Å². The van der Waals surface area contributed by atoms with Gasteiger partial charge in [-0.2, -0.15) is 0 Å². The summed E-state index contributed by atoms with van der Waals surface area (Å²) in [4.78, 5) is 17.7. The van der Waals surface area contributed by atoms with E-state index in [-0.39, 0.29) is 5.91 Å². The number of pyridine rings is 1. The second kappa shape index (κ2) is 7.84. The number of hydrogen-bond acceptors (Lipinski definition) is 4. The summed E-state index contributed by atoms with van der Waals surface area (Å²) >= 11 is 1.64. The van der Waals surface area contributed by atoms with Gasteiger partial charge in [0.1, 0.15) is 5.75 Å². The smallest absolute Gasteiger partial charge is 0.225 e. The number of hydrogen-bond donors (Lipinski definition) is 1. The van der Waals surface area contributed by atoms with Crippen LogP contribution in [-0.4, -0.2) is 23.8 Å². The lowest BCUT2D eigenvalue weighted by molar-refractivity contribution is -0.115. The van der Waals surface area contributed by atoms with Crippen LogP contribution in [0.2, 0.25) is 0 Å². The number of nitrogens with zero attached hydrogens (tertiary/aromatic N) is 1. The number of anilines is 1. The number of nitrogens with one attached hydrogen (secondary N) is 1. The third-order valence-corrected chi connectivity index (χ3v) is 4.61. The first-order valence-corrected chi connectivity index (χ1v) is 8.66. The zero-order valence-corrected chi connectivity index (χ0v) is 14.2. The van der Waals surface area contributed by atoms with Gasteiger partial charge in [-0.3, -0.25) is 9.78 Å². The standard InChI is InChI=1S/C19H18N2O2S/c1-23-16-9-3-2-8-15(16)21-18(22)11-13-24-17-10-4-6-14-7-5-12-20-19(14)17/h2-10,12H,11,13H2,1H3,(H,21,22). The first-order valence-electron chi connectivity index (χ1n) is 7.67. The minimum Gasteiger partial charge on any atom is -0.495 e. The zero-order chi connectivity index (χ0) is 16.8. The molecule has 3 aromatic rings. The maximum atomic E-state index is 12.1. The van der Waals surface area contributed by atoms with Crippen LogP contribution in [0.5, 0.6) is 5.75 Å². The largest absolute Gasteiger partial charge is 0.495 e. The Kier molecular flexibility index (Phi) is 5.33. The monoisotopic (exact) mass is 338 g/mol. The third-order valence-electron chi connectivity index (χ3n) is 3.56. The van der Waals surface area contributed by atoms with Gasteiger partial charge in [-0.15, -0.1) is 11.8 Å². The van der Waals surface area contributed by atoms with Crippen LogP contribution in [0.15, 0.2) is 65.7 Å². The molecule has 1 N–H and O–H groups in total. The Bertz CT molecular complexity index is 846. The van der Waals surface area contributed by atoms with Gasteiger partial charge in [0.15, 0.2) is 0 Å². The van der Waals surface area contributed by atoms with Crippen LogP contribution in [0.25, 0.3) is 10.9 Å². The molecule has 24 heavy (non-hydrogen) atoms. The van der Waals surface area contributed by atoms with Crippen LogP contribution < -0.4 is 10.1 Å². The number of amides is 1. The van der Waals surface area contributed by atoms with E-state index in [0.717, 1.165) is 15.8 Å². The van der Waals surface area contributed by atoms with Gasteiger partial charge >= 0.3 is 0 Å². The number of fused-ring (bicyclic) bond motifs is 1. The molecule has 0 saturated heterocycles. The molecule has 1 heterocycles. The molecule has 2 aromatic carbocycles. The number of carbonyl (C=O) groups is 1. The van der Waals surface area contributed by atoms with Gasteiger partial charge in [-0.05, 0) is 24.3 Å². The molecule has 122 valence electrons. The molecule has 0 fully saturated rings. The summed E-state index contributed by atoms with van der Waals surface area (Å²) in [5, 5.41) is 4.00. The summed E-state index contributed by atoms with van der Waals surface area (Å²) in [6.07, 6.45) is 2.21. The highest BCUT2D eigenvalue weighted by molar-refractivity contribution is 7.99. The van der Waals surface area contributed by atoms with Crippen LogP contribution >= 0.6 is 11.8 Å². The Morgan fingerprint density at radius 2 is 1.96 bits per heavy atom. The second-order valence-corrected chi connectivity index (χ2v) is 6.31. The Balaban J connectivity index is 1.59. The van der Waals surface area contributed by atoms with Crippen molar-refractivity contribution in [3.63, 3.8) is 0 Å². The van der Waals surface area contributed by atoms with Gasteiger partial charge < -0.3 is 10.1 Å². The predicted octanol–water partition coefficient (Wildman–Crippen LogP) is 4.36. The quantitative estimate of drug-likeness (QED) is 0.678. The summed E-state index contributed by atoms with van der Waals surface area (Å²) in [7, 11) is 1.59. The first-order chi connectivity index (χ1) is 11.8. The van der Waals surface area contributed by atoms with Crippen molar-refractivity contribution >= 4 is 34.3 Å². The molecule has 0 spiro atoms. The lowest BCUT2D eigenvalue weighted by Crippen LogP contribution is -2.12. The molecule has 0 radical (unpaired) electrons. The predicted molar refractivity (Wildman–Crippen MR) is 98.7 cm³/mol. The first kappa shape index (κ1) is 16.3. The SMILES string of the molecule is COc1ccccc1NC(=O)CCSc1cccc2cccnc12. The van der Waals surface area contributed by atoms with Crippen molar-refractivity contribution in [3.05, 3.63) is 60.8 Å². The normalized spacial score (nSPS) is 10.5. The molecule has 4 nitrogen and oxygen atoms in total. The van der Waals surface area contributed by atoms with Crippen molar-refractivity contribution in [3.8, 4) is 5.75 Å². The summed E-state index contributed by atoms with van der Waals surface area (Å²) in [6, 6.07) is 17.5. The number of aromatic nitrogens is 1. The average molecular weight is 338 g/mol. The van der Waals surface area contributed by atoms with E-state index in [2.05, 4.69) is 10.3 Å². The van der Waals surface area contributed by atoms with E-state index in [4.69, 9.17) is 4.74 Å². The molecule has 0 aliphatic carbocycles. The number of rotatable bonds is 6. The number of ether oxygens (including phenoxy) is 1. The summed E-state index contributed by atoms with van der Waals surface area (Å²) in [5.74, 6) is 1.33. The fourth-order valence-electron chi connectivity index (χ4n) is 2.41. The molecule has 1 aromatic heterocycles. The summed E-state index contributed by atoms with van der Waals surface area (Å²) in [5.41, 5.74) is 1.68. The van der Waals surface area contributed by atoms with Gasteiger partial charge in [-0.1, -0.05) is 30.3 Å². The lowest BCUT2D eigenvalue weighted by atomic mass is 10.2. The molecule has 0 unspecified atom stereocenters. The van der Waals surface area contributed by atoms with Crippen LogP contribution in [0.4, 0.5) is 5.69 Å². The molecule has 0 bridgehead atoms. The van der Waals surface area contributed by atoms with E-state index in [1.165, 1.54) is 0 Å². The maximum Gasteiger partial charge on any atom is 0.225 e. The van der Waals surface area contributed by atoms with Crippen molar-refractivity contribution in [2.45, 2.75) is 11.3 Å². The molecule has 0 aliphatic heterocycles. The van der Waals surface area contributed by atoms with E-state index in [1.54, 1.807) is 25.1 Å². The number of para-hydroxylation sites is 3. The Hall–Kier alpha value is -2.53. The minimum atomic E-state index is -0.0276. The Morgan fingerprint density at radius 1 is 1.12 bits per heavy atom. The molecule has 0 aliphatic rings. The van der Waals surface area contributed by atoms with E-state index in [9.17, 15) is 4.79 Å². The fourth-order valence-corrected chi connectivity index (χ4v) is 3.40. The molecule has 3 rings (SSSR count). The average Bonchev–Trinajstić information content (AvgIpc) is 2.62. The number of methoxy groups -OCH3 is 1. The number of thioether (sulfide) groups is 1. The highest BCUT2D eigenvalue weighted by Crippen LogP contribution is 2.27. The van der Waals surface area contributed by atoms with E-state index >= 15 is 0 Å². The van der Waals surface area contributed by atoms with Crippen molar-refractivity contribution in [2.24, 2.45) is 0 Å². The van der Waals surface area contributed by atoms with Crippen molar-refractivity contribution < 1.29 is 9.53 Å². The molecular formula is C19H18N2O2S. The van der Waals surface area contributed by atoms with Gasteiger partial charge in [0.2, 0.25) is 5.91 Å². The van der Waals surface area contributed by atoms with Crippen LogP contribution in [0, 0.1) is 0 Å². The second-order valence-electron chi connectivity index (χ2n) is 5.18. The lowest BCUT2D eigenvalue weighted by Gasteiger charge is -2.10. The van der Waals surface area contributed by atoms with E-state index in [1.807, 2.05) is 54.6 Å². The molecule has 0 saturated carbocycles. The third kappa shape index (κ3) is 3.86. The molecular weight excluding hydrogens is 320 g/mol. The Morgan fingerprint density at radius 3 is 2.83 bits per heavy atom. The van der Waals surface area contributed by atoms with Gasteiger partial charge in [0.05, 0.1) is 18.3 Å². The van der Waals surface area contributed by atoms with E-state index in [0.29, 0.717) is 23.6 Å². The fraction of sp³-hybridized carbons (Fsp3) is 0.158. The minimum absolute atomic E-state index is 0.0276. The number of benzene rings is 2. The van der Waals surface area contributed by atoms with Gasteiger partial charge in [-0.25, -0.2) is 0 Å². The highest BCUT2D eigenvalue weighted by atomic mass is 32.2. The zero-order valence-electron chi connectivity index (χ0n) is 13.4. The van der Waals surface area contributed by atoms with Crippen LogP contribution in [0.1, 0.15) is 6.42 Å². The van der Waals surface area contributed by atoms with Crippen molar-refractivity contribution in [1.29, 1.82) is 0 Å².